The minimum absolute atomic E-state index is 0.0330. The lowest BCUT2D eigenvalue weighted by Gasteiger charge is -2.44. The number of ether oxygens (including phenoxy) is 10. The molecule has 2 heterocycles. The fourth-order valence-electron chi connectivity index (χ4n) is 8.89. The van der Waals surface area contributed by atoms with Crippen LogP contribution in [-0.4, -0.2) is 97.6 Å². The number of hydrogen-bond donors (Lipinski definition) is 1. The zero-order chi connectivity index (χ0) is 51.7. The molecule has 0 unspecified atom stereocenters. The number of aliphatic hydroxyl groups is 1. The largest absolute Gasteiger partial charge is 0.452 e. The molecule has 0 saturated carbocycles. The fourth-order valence-corrected chi connectivity index (χ4v) is 8.89. The smallest absolute Gasteiger partial charge is 0.338 e. The van der Waals surface area contributed by atoms with Gasteiger partial charge in [-0.05, 0) is 58.7 Å². The Balaban J connectivity index is 1.10. The van der Waals surface area contributed by atoms with Gasteiger partial charge in [-0.25, -0.2) is 14.4 Å². The van der Waals surface area contributed by atoms with Gasteiger partial charge in [-0.1, -0.05) is 176 Å². The Labute approximate surface area is 435 Å². The van der Waals surface area contributed by atoms with Crippen LogP contribution in [0.3, 0.4) is 0 Å². The molecular weight excluding hydrogens is 957 g/mol. The Morgan fingerprint density at radius 2 is 0.800 bits per heavy atom. The van der Waals surface area contributed by atoms with Crippen LogP contribution in [0.4, 0.5) is 0 Å². The third kappa shape index (κ3) is 14.1. The lowest BCUT2D eigenvalue weighted by molar-refractivity contribution is -0.327. The summed E-state index contributed by atoms with van der Waals surface area (Å²) >= 11 is 0. The second-order valence-corrected chi connectivity index (χ2v) is 18.0. The first-order chi connectivity index (χ1) is 36.8. The van der Waals surface area contributed by atoms with Gasteiger partial charge in [-0.3, -0.25) is 0 Å². The molecule has 0 radical (unpaired) electrons. The number of carbonyl (C=O) groups is 3. The zero-order valence-corrected chi connectivity index (χ0v) is 41.0. The van der Waals surface area contributed by atoms with Crippen molar-refractivity contribution in [2.24, 2.45) is 0 Å². The normalized spacial score (nSPS) is 23.2. The topological polar surface area (TPSA) is 164 Å². The van der Waals surface area contributed by atoms with Gasteiger partial charge in [0.15, 0.2) is 24.6 Å². The number of aliphatic hydroxyl groups excluding tert-OH is 1. The summed E-state index contributed by atoms with van der Waals surface area (Å²) in [5.41, 5.74) is 4.01. The SMILES string of the molecule is O=C(O[C@@H]1[C@@H](OC(=O)c2ccccc2)[C@@H](O)O[C@H](CO[C@@]2(COCc3ccccc3)O[C@H](COCc3ccccc3)[C@@H](OCc3ccccc3)[C@@H]2OCc2ccccc2)[C@H]1OC(=O)c1ccccc1)c1ccccc1. The zero-order valence-electron chi connectivity index (χ0n) is 41.0. The molecule has 2 saturated heterocycles. The van der Waals surface area contributed by atoms with E-state index in [1.165, 1.54) is 24.3 Å². The highest BCUT2D eigenvalue weighted by Gasteiger charge is 2.60. The fraction of sp³-hybridized carbons (Fsp3) is 0.262. The van der Waals surface area contributed by atoms with Crippen molar-refractivity contribution in [2.75, 3.05) is 19.8 Å². The van der Waals surface area contributed by atoms with Gasteiger partial charge in [0.1, 0.15) is 31.0 Å². The molecule has 2 fully saturated rings. The van der Waals surface area contributed by atoms with Crippen LogP contribution in [0.25, 0.3) is 0 Å². The molecule has 1 N–H and O–H groups in total. The summed E-state index contributed by atoms with van der Waals surface area (Å²) in [4.78, 5) is 42.1. The lowest BCUT2D eigenvalue weighted by atomic mass is 9.97. The van der Waals surface area contributed by atoms with E-state index in [-0.39, 0.29) is 56.3 Å². The summed E-state index contributed by atoms with van der Waals surface area (Å²) in [6.07, 6.45) is -11.1. The number of esters is 3. The van der Waals surface area contributed by atoms with E-state index in [4.69, 9.17) is 47.4 Å². The Bertz CT molecular complexity index is 2830. The number of hydrogen-bond acceptors (Lipinski definition) is 14. The van der Waals surface area contributed by atoms with Crippen molar-refractivity contribution >= 4 is 17.9 Å². The molecule has 7 aromatic carbocycles. The molecule has 7 aromatic rings. The molecular formula is C61H58O14. The molecule has 9 atom stereocenters. The Hall–Kier alpha value is -7.37. The maximum atomic E-state index is 14.2. The summed E-state index contributed by atoms with van der Waals surface area (Å²) in [7, 11) is 0. The van der Waals surface area contributed by atoms with Gasteiger partial charge >= 0.3 is 17.9 Å². The van der Waals surface area contributed by atoms with E-state index in [9.17, 15) is 19.5 Å². The van der Waals surface area contributed by atoms with Gasteiger partial charge < -0.3 is 52.5 Å². The number of benzene rings is 7. The molecule has 14 nitrogen and oxygen atoms in total. The second kappa shape index (κ2) is 26.2. The van der Waals surface area contributed by atoms with Crippen molar-refractivity contribution in [1.29, 1.82) is 0 Å². The van der Waals surface area contributed by atoms with Crippen molar-refractivity contribution < 1.29 is 66.9 Å². The van der Waals surface area contributed by atoms with E-state index in [1.54, 1.807) is 66.7 Å². The van der Waals surface area contributed by atoms with Crippen LogP contribution in [0.1, 0.15) is 53.3 Å². The highest BCUT2D eigenvalue weighted by atomic mass is 16.8. The molecule has 0 aliphatic carbocycles. The number of rotatable bonds is 23. The summed E-state index contributed by atoms with van der Waals surface area (Å²) in [5, 5.41) is 12.0. The molecule has 2 aliphatic heterocycles. The molecule has 386 valence electrons. The summed E-state index contributed by atoms with van der Waals surface area (Å²) in [6.45, 7) is -0.0345. The van der Waals surface area contributed by atoms with Crippen molar-refractivity contribution in [3.05, 3.63) is 251 Å². The van der Waals surface area contributed by atoms with Crippen molar-refractivity contribution in [3.8, 4) is 0 Å². The van der Waals surface area contributed by atoms with Gasteiger partial charge in [0, 0.05) is 0 Å². The first kappa shape index (κ1) is 52.5. The predicted molar refractivity (Wildman–Crippen MR) is 274 cm³/mol. The molecule has 9 rings (SSSR count). The average molecular weight is 1020 g/mol. The molecule has 75 heavy (non-hydrogen) atoms. The van der Waals surface area contributed by atoms with Crippen LogP contribution < -0.4 is 0 Å². The first-order valence-electron chi connectivity index (χ1n) is 24.8. The monoisotopic (exact) mass is 1010 g/mol. The molecule has 2 aliphatic rings. The summed E-state index contributed by atoms with van der Waals surface area (Å²) in [5.74, 6) is -4.37. The van der Waals surface area contributed by atoms with E-state index in [1.807, 2.05) is 121 Å². The van der Waals surface area contributed by atoms with E-state index >= 15 is 0 Å². The predicted octanol–water partition coefficient (Wildman–Crippen LogP) is 9.10. The van der Waals surface area contributed by atoms with Gasteiger partial charge in [0.05, 0.1) is 56.3 Å². The van der Waals surface area contributed by atoms with Crippen LogP contribution in [0.5, 0.6) is 0 Å². The highest BCUT2D eigenvalue weighted by molar-refractivity contribution is 5.91. The molecule has 14 heteroatoms. The van der Waals surface area contributed by atoms with E-state index in [2.05, 4.69) is 0 Å². The van der Waals surface area contributed by atoms with E-state index in [0.29, 0.717) is 0 Å². The Kier molecular flexibility index (Phi) is 18.3. The molecule has 0 aromatic heterocycles. The molecule has 0 bridgehead atoms. The summed E-state index contributed by atoms with van der Waals surface area (Å²) in [6, 6.07) is 63.0. The van der Waals surface area contributed by atoms with Crippen LogP contribution in [-0.2, 0) is 73.8 Å². The quantitative estimate of drug-likeness (QED) is 0.0477. The van der Waals surface area contributed by atoms with Crippen LogP contribution >= 0.6 is 0 Å². The first-order valence-corrected chi connectivity index (χ1v) is 24.8. The minimum atomic E-state index is -1.95. The molecule has 0 spiro atoms. The Morgan fingerprint density at radius 1 is 0.413 bits per heavy atom. The van der Waals surface area contributed by atoms with Crippen molar-refractivity contribution in [2.45, 2.75) is 81.2 Å². The van der Waals surface area contributed by atoms with Gasteiger partial charge in [-0.15, -0.1) is 0 Å². The molecule has 0 amide bonds. The van der Waals surface area contributed by atoms with Gasteiger partial charge in [-0.2, -0.15) is 0 Å². The summed E-state index contributed by atoms with van der Waals surface area (Å²) < 4.78 is 65.5. The standard InChI is InChI=1S/C61H58O14/c62-57(47-30-16-5-17-31-47)72-52-50(71-60(65)55(74-59(64)49-34-20-7-21-35-49)54(52)73-58(63)48-32-18-6-19-33-48)41-70-61(42-67-37-44-24-10-2-11-25-44)56(69-39-46-28-14-4-15-29-46)53(68-38-45-26-12-3-13-27-45)51(75-61)40-66-36-43-22-8-1-9-23-43/h1-35,50-56,60,65H,36-42H2/t50-,51-,52-,53-,54+,55-,56+,60+,61+/m1/s1. The Morgan fingerprint density at radius 3 is 1.27 bits per heavy atom. The van der Waals surface area contributed by atoms with Crippen LogP contribution in [0.15, 0.2) is 212 Å². The maximum absolute atomic E-state index is 14.2. The third-order valence-corrected chi connectivity index (χ3v) is 12.7. The highest BCUT2D eigenvalue weighted by Crippen LogP contribution is 2.40. The van der Waals surface area contributed by atoms with Gasteiger partial charge in [0.2, 0.25) is 5.79 Å². The number of carbonyl (C=O) groups excluding carboxylic acids is 3. The second-order valence-electron chi connectivity index (χ2n) is 18.0. The van der Waals surface area contributed by atoms with E-state index < -0.39 is 79.3 Å². The van der Waals surface area contributed by atoms with Crippen LogP contribution in [0, 0.1) is 0 Å². The van der Waals surface area contributed by atoms with Gasteiger partial charge in [0.25, 0.3) is 0 Å². The van der Waals surface area contributed by atoms with Crippen molar-refractivity contribution in [3.63, 3.8) is 0 Å². The van der Waals surface area contributed by atoms with Crippen molar-refractivity contribution in [1.82, 2.24) is 0 Å². The lowest BCUT2D eigenvalue weighted by Crippen LogP contribution is -2.63. The maximum Gasteiger partial charge on any atom is 0.338 e. The minimum Gasteiger partial charge on any atom is -0.452 e. The third-order valence-electron chi connectivity index (χ3n) is 12.7. The van der Waals surface area contributed by atoms with Crippen LogP contribution in [0.2, 0.25) is 0 Å². The average Bonchev–Trinajstić information content (AvgIpc) is 3.76. The van der Waals surface area contributed by atoms with E-state index in [0.717, 1.165) is 22.3 Å².